The molecule has 0 amide bonds. The number of hydrogen-bond donors (Lipinski definition) is 0. The zero-order valence-electron chi connectivity index (χ0n) is 16.4. The summed E-state index contributed by atoms with van der Waals surface area (Å²) in [6.45, 7) is 18.7. The predicted molar refractivity (Wildman–Crippen MR) is 98.7 cm³/mol. The quantitative estimate of drug-likeness (QED) is 0.443. The predicted octanol–water partition coefficient (Wildman–Crippen LogP) is 7.57. The van der Waals surface area contributed by atoms with Gasteiger partial charge in [-0.05, 0) is 48.3 Å². The van der Waals surface area contributed by atoms with Crippen molar-refractivity contribution in [3.63, 3.8) is 0 Å². The largest absolute Gasteiger partial charge is 0.0683 e. The topological polar surface area (TPSA) is 0 Å². The maximum atomic E-state index is 2.53. The van der Waals surface area contributed by atoms with Crippen LogP contribution in [0.25, 0.3) is 0 Å². The summed E-state index contributed by atoms with van der Waals surface area (Å²) in [7, 11) is 0. The van der Waals surface area contributed by atoms with Crippen LogP contribution in [-0.2, 0) is 0 Å². The Labute approximate surface area is 136 Å². The van der Waals surface area contributed by atoms with Crippen LogP contribution in [0.4, 0.5) is 0 Å². The van der Waals surface area contributed by atoms with E-state index in [0.717, 1.165) is 35.5 Å². The molecular weight excluding hydrogens is 252 g/mol. The van der Waals surface area contributed by atoms with Crippen molar-refractivity contribution in [2.24, 2.45) is 35.5 Å². The molecule has 21 heavy (non-hydrogen) atoms. The summed E-state index contributed by atoms with van der Waals surface area (Å²) < 4.78 is 0. The Morgan fingerprint density at radius 1 is 0.857 bits per heavy atom. The Hall–Kier alpha value is 0. The van der Waals surface area contributed by atoms with E-state index in [4.69, 9.17) is 0 Å². The molecule has 0 aromatic rings. The standard InChI is InChI=1S/C19H38.C2H6/c1-7-14(2)9-8-10-16(4)19-12-11-15(3)17(5)13-18(19)6;1-2/h14-19H,7-13H2,1-6H3;1-2H3. The van der Waals surface area contributed by atoms with Crippen molar-refractivity contribution in [3.8, 4) is 0 Å². The zero-order chi connectivity index (χ0) is 16.4. The Balaban J connectivity index is 0.00000191. The summed E-state index contributed by atoms with van der Waals surface area (Å²) in [4.78, 5) is 0. The fourth-order valence-corrected chi connectivity index (χ4v) is 4.07. The second-order valence-corrected chi connectivity index (χ2v) is 7.83. The van der Waals surface area contributed by atoms with Crippen LogP contribution >= 0.6 is 0 Å². The summed E-state index contributed by atoms with van der Waals surface area (Å²) in [5.41, 5.74) is 0. The van der Waals surface area contributed by atoms with Crippen LogP contribution in [0.15, 0.2) is 0 Å². The van der Waals surface area contributed by atoms with Crippen LogP contribution in [-0.4, -0.2) is 0 Å². The van der Waals surface area contributed by atoms with Gasteiger partial charge in [-0.2, -0.15) is 0 Å². The van der Waals surface area contributed by atoms with Crippen molar-refractivity contribution >= 4 is 0 Å². The Bertz CT molecular complexity index is 232. The van der Waals surface area contributed by atoms with Crippen LogP contribution in [0, 0.1) is 35.5 Å². The molecule has 6 unspecified atom stereocenters. The normalized spacial score (nSPS) is 32.6. The molecule has 0 spiro atoms. The van der Waals surface area contributed by atoms with Crippen LogP contribution in [0.1, 0.15) is 100 Å². The molecule has 1 rings (SSSR count). The van der Waals surface area contributed by atoms with E-state index in [9.17, 15) is 0 Å². The highest BCUT2D eigenvalue weighted by molar-refractivity contribution is 4.80. The van der Waals surface area contributed by atoms with Gasteiger partial charge in [0.25, 0.3) is 0 Å². The van der Waals surface area contributed by atoms with Gasteiger partial charge in [-0.15, -0.1) is 0 Å². The van der Waals surface area contributed by atoms with Crippen molar-refractivity contribution in [2.75, 3.05) is 0 Å². The third-order valence-corrected chi connectivity index (χ3v) is 6.19. The van der Waals surface area contributed by atoms with Gasteiger partial charge in [0.2, 0.25) is 0 Å². The average Bonchev–Trinajstić information content (AvgIpc) is 2.60. The van der Waals surface area contributed by atoms with Crippen molar-refractivity contribution in [1.29, 1.82) is 0 Å². The van der Waals surface area contributed by atoms with Crippen molar-refractivity contribution < 1.29 is 0 Å². The van der Waals surface area contributed by atoms with Crippen LogP contribution in [0.3, 0.4) is 0 Å². The molecule has 0 radical (unpaired) electrons. The Kier molecular flexibility index (Phi) is 11.6. The molecule has 0 N–H and O–H groups in total. The first kappa shape index (κ1) is 21.0. The van der Waals surface area contributed by atoms with Gasteiger partial charge >= 0.3 is 0 Å². The van der Waals surface area contributed by atoms with Gasteiger partial charge in [0.15, 0.2) is 0 Å². The van der Waals surface area contributed by atoms with Crippen LogP contribution in [0.2, 0.25) is 0 Å². The molecule has 0 saturated heterocycles. The SMILES string of the molecule is CC.CCC(C)CCCC(C)C1CCC(C)C(C)CC1C. The molecule has 1 fully saturated rings. The molecule has 0 aromatic carbocycles. The molecule has 0 heterocycles. The van der Waals surface area contributed by atoms with Gasteiger partial charge < -0.3 is 0 Å². The summed E-state index contributed by atoms with van der Waals surface area (Å²) in [5, 5.41) is 0. The summed E-state index contributed by atoms with van der Waals surface area (Å²) in [5.74, 6) is 5.69. The van der Waals surface area contributed by atoms with E-state index >= 15 is 0 Å². The zero-order valence-corrected chi connectivity index (χ0v) is 16.4. The summed E-state index contributed by atoms with van der Waals surface area (Å²) in [6, 6.07) is 0. The van der Waals surface area contributed by atoms with Gasteiger partial charge in [0.1, 0.15) is 0 Å². The minimum Gasteiger partial charge on any atom is -0.0683 e. The molecule has 0 bridgehead atoms. The molecule has 1 aliphatic rings. The van der Waals surface area contributed by atoms with Crippen molar-refractivity contribution in [3.05, 3.63) is 0 Å². The highest BCUT2D eigenvalue weighted by Gasteiger charge is 2.30. The van der Waals surface area contributed by atoms with Gasteiger partial charge in [-0.1, -0.05) is 87.5 Å². The lowest BCUT2D eigenvalue weighted by Crippen LogP contribution is -2.19. The van der Waals surface area contributed by atoms with Crippen LogP contribution < -0.4 is 0 Å². The molecule has 0 nitrogen and oxygen atoms in total. The van der Waals surface area contributed by atoms with Crippen LogP contribution in [0.5, 0.6) is 0 Å². The minimum atomic E-state index is 0.929. The first-order chi connectivity index (χ1) is 9.95. The van der Waals surface area contributed by atoms with Crippen molar-refractivity contribution in [2.45, 2.75) is 100 Å². The van der Waals surface area contributed by atoms with E-state index in [0.29, 0.717) is 0 Å². The maximum absolute atomic E-state index is 2.53. The molecule has 6 atom stereocenters. The number of rotatable bonds is 6. The van der Waals surface area contributed by atoms with E-state index in [2.05, 4.69) is 41.5 Å². The second kappa shape index (κ2) is 11.6. The lowest BCUT2D eigenvalue weighted by Gasteiger charge is -2.29. The average molecular weight is 297 g/mol. The summed E-state index contributed by atoms with van der Waals surface area (Å²) >= 11 is 0. The smallest absolute Gasteiger partial charge is 0.0362 e. The molecular formula is C21H44. The molecule has 0 heteroatoms. The third kappa shape index (κ3) is 7.71. The number of hydrogen-bond acceptors (Lipinski definition) is 0. The monoisotopic (exact) mass is 296 g/mol. The van der Waals surface area contributed by atoms with E-state index in [1.54, 1.807) is 0 Å². The lowest BCUT2D eigenvalue weighted by atomic mass is 9.77. The molecule has 0 aromatic heterocycles. The summed E-state index contributed by atoms with van der Waals surface area (Å²) in [6.07, 6.45) is 10.1. The third-order valence-electron chi connectivity index (χ3n) is 6.19. The van der Waals surface area contributed by atoms with Gasteiger partial charge in [0, 0.05) is 0 Å². The minimum absolute atomic E-state index is 0.929. The van der Waals surface area contributed by atoms with Gasteiger partial charge in [-0.25, -0.2) is 0 Å². The molecule has 1 aliphatic carbocycles. The Morgan fingerprint density at radius 3 is 2.05 bits per heavy atom. The van der Waals surface area contributed by atoms with E-state index < -0.39 is 0 Å². The maximum Gasteiger partial charge on any atom is -0.0362 e. The Morgan fingerprint density at radius 2 is 1.48 bits per heavy atom. The van der Waals surface area contributed by atoms with E-state index in [1.807, 2.05) is 13.8 Å². The van der Waals surface area contributed by atoms with E-state index in [1.165, 1.54) is 44.9 Å². The first-order valence-electron chi connectivity index (χ1n) is 9.95. The molecule has 128 valence electrons. The highest BCUT2D eigenvalue weighted by atomic mass is 14.4. The van der Waals surface area contributed by atoms with E-state index in [-0.39, 0.29) is 0 Å². The lowest BCUT2D eigenvalue weighted by molar-refractivity contribution is 0.215. The fourth-order valence-electron chi connectivity index (χ4n) is 4.07. The highest BCUT2D eigenvalue weighted by Crippen LogP contribution is 2.40. The van der Waals surface area contributed by atoms with Gasteiger partial charge in [0.05, 0.1) is 0 Å². The molecule has 0 aliphatic heterocycles. The molecule has 1 saturated carbocycles. The first-order valence-corrected chi connectivity index (χ1v) is 9.95. The fraction of sp³-hybridized carbons (Fsp3) is 1.00. The van der Waals surface area contributed by atoms with Crippen molar-refractivity contribution in [1.82, 2.24) is 0 Å². The van der Waals surface area contributed by atoms with Gasteiger partial charge in [-0.3, -0.25) is 0 Å². The second-order valence-electron chi connectivity index (χ2n) is 7.83.